The Morgan fingerprint density at radius 2 is 2.14 bits per heavy atom. The van der Waals surface area contributed by atoms with Gasteiger partial charge in [-0.1, -0.05) is 6.92 Å². The van der Waals surface area contributed by atoms with Gasteiger partial charge in [-0.3, -0.25) is 10.1 Å². The van der Waals surface area contributed by atoms with Crippen LogP contribution >= 0.6 is 0 Å². The van der Waals surface area contributed by atoms with E-state index in [9.17, 15) is 10.1 Å². The van der Waals surface area contributed by atoms with Crippen molar-refractivity contribution in [2.75, 3.05) is 11.9 Å². The van der Waals surface area contributed by atoms with Crippen LogP contribution in [-0.4, -0.2) is 11.5 Å². The Morgan fingerprint density at radius 3 is 2.76 bits per heavy atom. The summed E-state index contributed by atoms with van der Waals surface area (Å²) in [4.78, 5) is 10.5. The fourth-order valence-electron chi connectivity index (χ4n) is 1.86. The lowest BCUT2D eigenvalue weighted by Crippen LogP contribution is -2.01. The summed E-state index contributed by atoms with van der Waals surface area (Å²) in [5, 5.41) is 14.1. The van der Waals surface area contributed by atoms with Gasteiger partial charge in [-0.15, -0.1) is 0 Å². The molecule has 0 spiro atoms. The lowest BCUT2D eigenvalue weighted by atomic mass is 10.2. The van der Waals surface area contributed by atoms with Crippen molar-refractivity contribution in [3.8, 4) is 5.75 Å². The predicted octanol–water partition coefficient (Wildman–Crippen LogP) is 3.90. The van der Waals surface area contributed by atoms with E-state index in [4.69, 9.17) is 9.15 Å². The molecule has 6 heteroatoms. The molecule has 0 saturated heterocycles. The third kappa shape index (κ3) is 4.24. The first kappa shape index (κ1) is 14.9. The second kappa shape index (κ2) is 6.78. The van der Waals surface area contributed by atoms with Gasteiger partial charge in [0.15, 0.2) is 0 Å². The average molecular weight is 290 g/mol. The molecule has 112 valence electrons. The summed E-state index contributed by atoms with van der Waals surface area (Å²) in [5.74, 6) is 2.09. The van der Waals surface area contributed by atoms with Crippen molar-refractivity contribution in [1.29, 1.82) is 0 Å². The number of rotatable bonds is 7. The number of hydrogen-bond donors (Lipinski definition) is 1. The maximum atomic E-state index is 11.0. The van der Waals surface area contributed by atoms with Gasteiger partial charge in [-0.25, -0.2) is 0 Å². The zero-order valence-corrected chi connectivity index (χ0v) is 12.1. The van der Waals surface area contributed by atoms with Crippen molar-refractivity contribution in [3.63, 3.8) is 0 Å². The third-order valence-corrected chi connectivity index (χ3v) is 2.84. The van der Waals surface area contributed by atoms with E-state index in [-0.39, 0.29) is 5.69 Å². The lowest BCUT2D eigenvalue weighted by Gasteiger charge is -2.09. The van der Waals surface area contributed by atoms with Crippen molar-refractivity contribution >= 4 is 11.4 Å². The van der Waals surface area contributed by atoms with Crippen LogP contribution in [0.15, 0.2) is 34.7 Å². The van der Waals surface area contributed by atoms with Gasteiger partial charge in [0.25, 0.3) is 5.69 Å². The minimum Gasteiger partial charge on any atom is -0.493 e. The highest BCUT2D eigenvalue weighted by Crippen LogP contribution is 2.26. The fraction of sp³-hybridized carbons (Fsp3) is 0.333. The highest BCUT2D eigenvalue weighted by Gasteiger charge is 2.11. The molecule has 0 saturated carbocycles. The number of ether oxygens (including phenoxy) is 1. The van der Waals surface area contributed by atoms with Gasteiger partial charge in [0.1, 0.15) is 17.3 Å². The fourth-order valence-corrected chi connectivity index (χ4v) is 1.86. The van der Waals surface area contributed by atoms with Crippen LogP contribution < -0.4 is 10.1 Å². The molecule has 0 radical (unpaired) electrons. The number of aryl methyl sites for hydroxylation is 1. The standard InChI is InChI=1S/C15H18N2O4/c1-3-6-20-15-8-12(7-13(9-15)17(18)19)16-10-14-5-4-11(2)21-14/h4-5,7-9,16H,3,6,10H2,1-2H3. The predicted molar refractivity (Wildman–Crippen MR) is 79.7 cm³/mol. The number of nitro benzene ring substituents is 1. The van der Waals surface area contributed by atoms with Gasteiger partial charge < -0.3 is 14.5 Å². The molecule has 0 atom stereocenters. The van der Waals surface area contributed by atoms with E-state index in [1.165, 1.54) is 12.1 Å². The van der Waals surface area contributed by atoms with Gasteiger partial charge >= 0.3 is 0 Å². The molecular formula is C15H18N2O4. The zero-order chi connectivity index (χ0) is 15.2. The second-order valence-electron chi connectivity index (χ2n) is 4.69. The van der Waals surface area contributed by atoms with Crippen LogP contribution in [0.25, 0.3) is 0 Å². The van der Waals surface area contributed by atoms with Crippen LogP contribution in [0.2, 0.25) is 0 Å². The van der Waals surface area contributed by atoms with Gasteiger partial charge in [0.05, 0.1) is 24.1 Å². The molecule has 0 fully saturated rings. The maximum Gasteiger partial charge on any atom is 0.275 e. The Balaban J connectivity index is 2.12. The average Bonchev–Trinajstić information content (AvgIpc) is 2.88. The highest BCUT2D eigenvalue weighted by molar-refractivity contribution is 5.56. The van der Waals surface area contributed by atoms with Gasteiger partial charge in [0.2, 0.25) is 0 Å². The maximum absolute atomic E-state index is 11.0. The van der Waals surface area contributed by atoms with Crippen molar-refractivity contribution in [2.45, 2.75) is 26.8 Å². The Morgan fingerprint density at radius 1 is 1.33 bits per heavy atom. The summed E-state index contributed by atoms with van der Waals surface area (Å²) in [7, 11) is 0. The molecule has 21 heavy (non-hydrogen) atoms. The number of hydrogen-bond acceptors (Lipinski definition) is 5. The number of anilines is 1. The molecule has 0 amide bonds. The van der Waals surface area contributed by atoms with Gasteiger partial charge in [-0.05, 0) is 25.5 Å². The number of non-ortho nitro benzene ring substituents is 1. The summed E-state index contributed by atoms with van der Waals surface area (Å²) in [6, 6.07) is 8.40. The van der Waals surface area contributed by atoms with Crippen LogP contribution in [0, 0.1) is 17.0 Å². The topological polar surface area (TPSA) is 77.5 Å². The monoisotopic (exact) mass is 290 g/mol. The highest BCUT2D eigenvalue weighted by atomic mass is 16.6. The number of nitrogens with one attached hydrogen (secondary N) is 1. The Labute approximate surface area is 122 Å². The first-order valence-electron chi connectivity index (χ1n) is 6.80. The smallest absolute Gasteiger partial charge is 0.275 e. The summed E-state index contributed by atoms with van der Waals surface area (Å²) >= 11 is 0. The molecular weight excluding hydrogens is 272 g/mol. The van der Waals surface area contributed by atoms with Crippen molar-refractivity contribution < 1.29 is 14.1 Å². The van der Waals surface area contributed by atoms with Crippen molar-refractivity contribution in [1.82, 2.24) is 0 Å². The van der Waals surface area contributed by atoms with Crippen LogP contribution in [-0.2, 0) is 6.54 Å². The van der Waals surface area contributed by atoms with Crippen LogP contribution in [0.5, 0.6) is 5.75 Å². The lowest BCUT2D eigenvalue weighted by molar-refractivity contribution is -0.384. The zero-order valence-electron chi connectivity index (χ0n) is 12.1. The van der Waals surface area contributed by atoms with E-state index in [0.29, 0.717) is 24.6 Å². The van der Waals surface area contributed by atoms with Gasteiger partial charge in [0, 0.05) is 17.8 Å². The molecule has 0 aliphatic carbocycles. The molecule has 6 nitrogen and oxygen atoms in total. The first-order chi connectivity index (χ1) is 10.1. The molecule has 0 unspecified atom stereocenters. The van der Waals surface area contributed by atoms with E-state index < -0.39 is 4.92 Å². The number of nitrogens with zero attached hydrogens (tertiary/aromatic N) is 1. The Hall–Kier alpha value is -2.50. The molecule has 0 aliphatic heterocycles. The first-order valence-corrected chi connectivity index (χ1v) is 6.80. The van der Waals surface area contributed by atoms with E-state index in [2.05, 4.69) is 5.32 Å². The van der Waals surface area contributed by atoms with Crippen molar-refractivity contribution in [3.05, 3.63) is 52.0 Å². The minimum absolute atomic E-state index is 0.00160. The SMILES string of the molecule is CCCOc1cc(NCc2ccc(C)o2)cc([N+](=O)[O-])c1. The second-order valence-corrected chi connectivity index (χ2v) is 4.69. The molecule has 1 aromatic heterocycles. The molecule has 1 heterocycles. The molecule has 2 aromatic rings. The third-order valence-electron chi connectivity index (χ3n) is 2.84. The van der Waals surface area contributed by atoms with Crippen LogP contribution in [0.3, 0.4) is 0 Å². The van der Waals surface area contributed by atoms with E-state index >= 15 is 0 Å². The summed E-state index contributed by atoms with van der Waals surface area (Å²) in [6.45, 7) is 4.84. The number of furan rings is 1. The number of benzene rings is 1. The molecule has 1 aromatic carbocycles. The molecule has 0 aliphatic rings. The summed E-state index contributed by atoms with van der Waals surface area (Å²) < 4.78 is 10.9. The largest absolute Gasteiger partial charge is 0.493 e. The summed E-state index contributed by atoms with van der Waals surface area (Å²) in [5.41, 5.74) is 0.631. The van der Waals surface area contributed by atoms with E-state index in [0.717, 1.165) is 17.9 Å². The van der Waals surface area contributed by atoms with Gasteiger partial charge in [-0.2, -0.15) is 0 Å². The van der Waals surface area contributed by atoms with E-state index in [1.807, 2.05) is 26.0 Å². The molecule has 0 bridgehead atoms. The van der Waals surface area contributed by atoms with Crippen molar-refractivity contribution in [2.24, 2.45) is 0 Å². The van der Waals surface area contributed by atoms with Crippen LogP contribution in [0.4, 0.5) is 11.4 Å². The Kier molecular flexibility index (Phi) is 4.81. The minimum atomic E-state index is -0.430. The number of nitro groups is 1. The normalized spacial score (nSPS) is 10.4. The van der Waals surface area contributed by atoms with E-state index in [1.54, 1.807) is 6.07 Å². The quantitative estimate of drug-likeness (QED) is 0.618. The summed E-state index contributed by atoms with van der Waals surface area (Å²) in [6.07, 6.45) is 0.844. The van der Waals surface area contributed by atoms with Crippen LogP contribution in [0.1, 0.15) is 24.9 Å². The molecule has 1 N–H and O–H groups in total. The Bertz CT molecular complexity index is 622. The molecule has 2 rings (SSSR count).